The maximum atomic E-state index is 12.6. The lowest BCUT2D eigenvalue weighted by Crippen LogP contribution is -2.18. The third-order valence-electron chi connectivity index (χ3n) is 4.02. The molecule has 0 saturated heterocycles. The summed E-state index contributed by atoms with van der Waals surface area (Å²) < 4.78 is 1.27. The summed E-state index contributed by atoms with van der Waals surface area (Å²) in [6.45, 7) is 0. The molecule has 0 unspecified atom stereocenters. The van der Waals surface area contributed by atoms with Crippen LogP contribution in [0.5, 0.6) is 0 Å². The Kier molecular flexibility index (Phi) is 4.53. The smallest absolute Gasteiger partial charge is 0.288 e. The molecule has 2 heterocycles. The number of nitro benzene ring substituents is 1. The van der Waals surface area contributed by atoms with Gasteiger partial charge in [-0.2, -0.15) is 9.50 Å². The summed E-state index contributed by atoms with van der Waals surface area (Å²) in [5.74, 6) is -0.131. The molecule has 2 aromatic heterocycles. The summed E-state index contributed by atoms with van der Waals surface area (Å²) in [4.78, 5) is 41.7. The van der Waals surface area contributed by atoms with Gasteiger partial charge in [-0.15, -0.1) is 5.10 Å². The van der Waals surface area contributed by atoms with Crippen LogP contribution in [0.4, 0.5) is 11.5 Å². The fourth-order valence-electron chi connectivity index (χ4n) is 2.67. The molecule has 0 bridgehead atoms. The lowest BCUT2D eigenvalue weighted by Gasteiger charge is -2.06. The van der Waals surface area contributed by atoms with Crippen molar-refractivity contribution >= 4 is 34.8 Å². The van der Waals surface area contributed by atoms with Crippen LogP contribution < -0.4 is 10.9 Å². The van der Waals surface area contributed by atoms with Gasteiger partial charge in [0.15, 0.2) is 5.82 Å². The number of carbonyl (C=O) groups is 1. The van der Waals surface area contributed by atoms with Crippen LogP contribution in [0.2, 0.25) is 5.02 Å². The number of fused-ring (bicyclic) bond motifs is 1. The third kappa shape index (κ3) is 3.56. The van der Waals surface area contributed by atoms with Gasteiger partial charge in [0.2, 0.25) is 5.78 Å². The van der Waals surface area contributed by atoms with Crippen molar-refractivity contribution in [3.05, 3.63) is 85.7 Å². The van der Waals surface area contributed by atoms with Gasteiger partial charge in [0.05, 0.1) is 4.92 Å². The largest absolute Gasteiger partial charge is 0.306 e. The Morgan fingerprint density at radius 1 is 1.17 bits per heavy atom. The number of hydrogen-bond donors (Lipinski definition) is 2. The zero-order valence-corrected chi connectivity index (χ0v) is 15.3. The van der Waals surface area contributed by atoms with Crippen molar-refractivity contribution in [2.75, 3.05) is 5.32 Å². The molecule has 0 aliphatic rings. The van der Waals surface area contributed by atoms with Crippen molar-refractivity contribution in [2.24, 2.45) is 0 Å². The highest BCUT2D eigenvalue weighted by molar-refractivity contribution is 6.32. The molecule has 10 nitrogen and oxygen atoms in total. The van der Waals surface area contributed by atoms with Crippen LogP contribution in [0, 0.1) is 10.1 Å². The minimum absolute atomic E-state index is 0.00192. The molecule has 0 radical (unpaired) electrons. The first-order valence-electron chi connectivity index (χ1n) is 8.23. The van der Waals surface area contributed by atoms with E-state index in [4.69, 9.17) is 11.6 Å². The number of hydrogen-bond acceptors (Lipinski definition) is 6. The van der Waals surface area contributed by atoms with Crippen molar-refractivity contribution in [2.45, 2.75) is 0 Å². The first kappa shape index (κ1) is 18.3. The number of aromatic amines is 1. The molecule has 0 aliphatic carbocycles. The number of nitrogens with one attached hydrogen (secondary N) is 2. The second-order valence-electron chi connectivity index (χ2n) is 5.93. The minimum Gasteiger partial charge on any atom is -0.306 e. The maximum Gasteiger partial charge on any atom is 0.288 e. The topological polar surface area (TPSA) is 135 Å². The first-order valence-corrected chi connectivity index (χ1v) is 8.61. The highest BCUT2D eigenvalue weighted by atomic mass is 35.5. The van der Waals surface area contributed by atoms with Crippen molar-refractivity contribution in [1.82, 2.24) is 19.6 Å². The number of nitrogens with zero attached hydrogens (tertiary/aromatic N) is 4. The van der Waals surface area contributed by atoms with Gasteiger partial charge in [-0.05, 0) is 12.1 Å². The number of halogens is 1. The van der Waals surface area contributed by atoms with Crippen molar-refractivity contribution in [3.8, 4) is 11.4 Å². The molecule has 4 aromatic rings. The molecule has 4 rings (SSSR count). The third-order valence-corrected chi connectivity index (χ3v) is 4.34. The van der Waals surface area contributed by atoms with E-state index in [1.807, 2.05) is 18.2 Å². The molecule has 0 fully saturated rings. The Balaban J connectivity index is 1.73. The number of anilines is 1. The Bertz CT molecular complexity index is 1320. The molecule has 29 heavy (non-hydrogen) atoms. The van der Waals surface area contributed by atoms with E-state index in [0.717, 1.165) is 17.7 Å². The van der Waals surface area contributed by atoms with Crippen LogP contribution in [0.3, 0.4) is 0 Å². The predicted molar refractivity (Wildman–Crippen MR) is 105 cm³/mol. The van der Waals surface area contributed by atoms with Gasteiger partial charge >= 0.3 is 0 Å². The number of rotatable bonds is 4. The van der Waals surface area contributed by atoms with E-state index in [1.54, 1.807) is 12.1 Å². The minimum atomic E-state index is -0.686. The molecule has 0 saturated carbocycles. The van der Waals surface area contributed by atoms with E-state index in [0.29, 0.717) is 5.82 Å². The summed E-state index contributed by atoms with van der Waals surface area (Å²) >= 11 is 5.77. The Morgan fingerprint density at radius 3 is 2.66 bits per heavy atom. The van der Waals surface area contributed by atoms with Gasteiger partial charge in [-0.1, -0.05) is 41.9 Å². The molecule has 0 aliphatic heterocycles. The second-order valence-corrected chi connectivity index (χ2v) is 6.34. The Morgan fingerprint density at radius 2 is 1.93 bits per heavy atom. The lowest BCUT2D eigenvalue weighted by molar-refractivity contribution is -0.384. The number of nitro groups is 1. The average molecular weight is 411 g/mol. The first-order chi connectivity index (χ1) is 13.9. The standard InChI is InChI=1S/C18H11ClN6O4/c19-12-7-6-11(8-13(12)25(28)29)17(27)20-14-9-15(26)21-18-22-16(23-24(14)18)10-4-2-1-3-5-10/h1-9H,(H,20,27)(H,21,22,23,26). The zero-order valence-electron chi connectivity index (χ0n) is 14.5. The second kappa shape index (κ2) is 7.17. The molecule has 144 valence electrons. The molecular formula is C18H11ClN6O4. The van der Waals surface area contributed by atoms with Crippen LogP contribution >= 0.6 is 11.6 Å². The Labute approximate surface area is 166 Å². The van der Waals surface area contributed by atoms with E-state index >= 15 is 0 Å². The van der Waals surface area contributed by atoms with Gasteiger partial charge in [0.1, 0.15) is 10.8 Å². The summed E-state index contributed by atoms with van der Waals surface area (Å²) in [6.07, 6.45) is 0. The number of amides is 1. The molecule has 0 spiro atoms. The average Bonchev–Trinajstić information content (AvgIpc) is 3.13. The van der Waals surface area contributed by atoms with Gasteiger partial charge in [-0.25, -0.2) is 0 Å². The summed E-state index contributed by atoms with van der Waals surface area (Å²) in [7, 11) is 0. The van der Waals surface area contributed by atoms with Crippen LogP contribution in [0.15, 0.2) is 59.4 Å². The number of carbonyl (C=O) groups excluding carboxylic acids is 1. The summed E-state index contributed by atoms with van der Waals surface area (Å²) in [5, 5.41) is 17.8. The van der Waals surface area contributed by atoms with E-state index in [9.17, 15) is 19.7 Å². The monoisotopic (exact) mass is 410 g/mol. The fraction of sp³-hybridized carbons (Fsp3) is 0. The molecule has 0 atom stereocenters. The summed E-state index contributed by atoms with van der Waals surface area (Å²) in [6, 6.07) is 13.9. The van der Waals surface area contributed by atoms with E-state index in [1.165, 1.54) is 16.6 Å². The SMILES string of the molecule is O=C(Nc1cc(=O)[nH]c2nc(-c3ccccc3)nn12)c1ccc(Cl)c([N+](=O)[O-])c1. The number of H-pyrrole nitrogens is 1. The van der Waals surface area contributed by atoms with E-state index in [-0.39, 0.29) is 22.2 Å². The van der Waals surface area contributed by atoms with Gasteiger partial charge in [-0.3, -0.25) is 24.7 Å². The molecule has 2 aromatic carbocycles. The maximum absolute atomic E-state index is 12.6. The zero-order chi connectivity index (χ0) is 20.5. The van der Waals surface area contributed by atoms with Gasteiger partial charge in [0, 0.05) is 23.3 Å². The lowest BCUT2D eigenvalue weighted by atomic mass is 10.2. The van der Waals surface area contributed by atoms with Crippen molar-refractivity contribution < 1.29 is 9.72 Å². The molecule has 1 amide bonds. The molecule has 11 heteroatoms. The Hall–Kier alpha value is -4.05. The number of benzene rings is 2. The van der Waals surface area contributed by atoms with E-state index in [2.05, 4.69) is 20.4 Å². The van der Waals surface area contributed by atoms with Crippen LogP contribution in [0.25, 0.3) is 17.2 Å². The predicted octanol–water partition coefficient (Wildman–Crippen LogP) is 2.90. The molecular weight excluding hydrogens is 400 g/mol. The normalized spacial score (nSPS) is 10.8. The van der Waals surface area contributed by atoms with Crippen molar-refractivity contribution in [1.29, 1.82) is 0 Å². The fourth-order valence-corrected chi connectivity index (χ4v) is 2.86. The quantitative estimate of drug-likeness (QED) is 0.392. The van der Waals surface area contributed by atoms with Crippen LogP contribution in [-0.2, 0) is 0 Å². The van der Waals surface area contributed by atoms with E-state index < -0.39 is 22.1 Å². The van der Waals surface area contributed by atoms with Gasteiger partial charge in [0.25, 0.3) is 17.2 Å². The summed E-state index contributed by atoms with van der Waals surface area (Å²) in [5.41, 5.74) is -0.176. The number of aromatic nitrogens is 4. The van der Waals surface area contributed by atoms with Crippen LogP contribution in [0.1, 0.15) is 10.4 Å². The highest BCUT2D eigenvalue weighted by Gasteiger charge is 2.18. The van der Waals surface area contributed by atoms with Gasteiger partial charge < -0.3 is 5.32 Å². The van der Waals surface area contributed by atoms with Crippen molar-refractivity contribution in [3.63, 3.8) is 0 Å². The molecule has 2 N–H and O–H groups in total. The van der Waals surface area contributed by atoms with Crippen LogP contribution in [-0.4, -0.2) is 30.4 Å². The highest BCUT2D eigenvalue weighted by Crippen LogP contribution is 2.25.